The minimum atomic E-state index is 0. The molecule has 0 N–H and O–H groups in total. The molecule has 0 aliphatic carbocycles. The van der Waals surface area contributed by atoms with Crippen LogP contribution in [0.25, 0.3) is 21.8 Å². The van der Waals surface area contributed by atoms with Crippen molar-refractivity contribution in [2.75, 3.05) is 0 Å². The van der Waals surface area contributed by atoms with Gasteiger partial charge >= 0.3 is 0 Å². The number of fused-ring (bicyclic) bond motifs is 2. The lowest BCUT2D eigenvalue weighted by Crippen LogP contribution is -1.80. The van der Waals surface area contributed by atoms with Crippen molar-refractivity contribution in [3.8, 4) is 0 Å². The Morgan fingerprint density at radius 2 is 1.13 bits per heavy atom. The van der Waals surface area contributed by atoms with Gasteiger partial charge in [-0.25, -0.2) is 4.98 Å². The van der Waals surface area contributed by atoms with Crippen LogP contribution in [0.3, 0.4) is 0 Å². The van der Waals surface area contributed by atoms with Gasteiger partial charge in [0.25, 0.3) is 0 Å². The van der Waals surface area contributed by atoms with E-state index in [9.17, 15) is 0 Å². The van der Waals surface area contributed by atoms with E-state index in [0.717, 1.165) is 11.0 Å². The summed E-state index contributed by atoms with van der Waals surface area (Å²) in [5.74, 6) is 0. The van der Waals surface area contributed by atoms with Gasteiger partial charge in [0.05, 0.1) is 11.0 Å². The molecule has 0 unspecified atom stereocenters. The van der Waals surface area contributed by atoms with Crippen LogP contribution >= 0.6 is 17.0 Å². The minimum Gasteiger partial charge on any atom is -0.248 e. The zero-order valence-corrected chi connectivity index (χ0v) is 9.76. The molecule has 1 aromatic heterocycles. The van der Waals surface area contributed by atoms with E-state index < -0.39 is 0 Å². The molecular weight excluding hydrogens is 250 g/mol. The van der Waals surface area contributed by atoms with Gasteiger partial charge in [-0.2, -0.15) is 0 Å². The third-order valence-corrected chi connectivity index (χ3v) is 2.43. The van der Waals surface area contributed by atoms with Gasteiger partial charge in [0.15, 0.2) is 0 Å². The molecule has 3 rings (SSSR count). The predicted octanol–water partition coefficient (Wildman–Crippen LogP) is 3.97. The number of para-hydroxylation sites is 2. The number of hydrogen-bond donors (Lipinski definition) is 0. The van der Waals surface area contributed by atoms with Crippen molar-refractivity contribution in [1.29, 1.82) is 0 Å². The lowest BCUT2D eigenvalue weighted by atomic mass is 10.1. The van der Waals surface area contributed by atoms with Crippen LogP contribution in [0.1, 0.15) is 0 Å². The zero-order chi connectivity index (χ0) is 9.38. The van der Waals surface area contributed by atoms with E-state index >= 15 is 0 Å². The summed E-state index contributed by atoms with van der Waals surface area (Å²) in [5, 5.41) is 2.40. The standard InChI is InChI=1S/C13H9N.BrH/c1-3-7-12-10(5-1)9-11-6-2-4-8-13(11)14-12;/h1-9H;1H. The number of halogens is 1. The summed E-state index contributed by atoms with van der Waals surface area (Å²) in [6, 6.07) is 18.6. The van der Waals surface area contributed by atoms with Crippen molar-refractivity contribution in [2.45, 2.75) is 0 Å². The monoisotopic (exact) mass is 259 g/mol. The summed E-state index contributed by atoms with van der Waals surface area (Å²) in [7, 11) is 0. The fourth-order valence-corrected chi connectivity index (χ4v) is 1.72. The van der Waals surface area contributed by atoms with Crippen LogP contribution in [0.2, 0.25) is 0 Å². The summed E-state index contributed by atoms with van der Waals surface area (Å²) in [6.45, 7) is 0. The number of nitrogens with zero attached hydrogens (tertiary/aromatic N) is 1. The molecule has 0 saturated heterocycles. The third kappa shape index (κ3) is 1.73. The van der Waals surface area contributed by atoms with Gasteiger partial charge in [-0.1, -0.05) is 36.4 Å². The van der Waals surface area contributed by atoms with Gasteiger partial charge in [0.1, 0.15) is 0 Å². The van der Waals surface area contributed by atoms with Gasteiger partial charge in [-0.05, 0) is 18.2 Å². The molecule has 0 spiro atoms. The fourth-order valence-electron chi connectivity index (χ4n) is 1.72. The minimum absolute atomic E-state index is 0. The van der Waals surface area contributed by atoms with Crippen LogP contribution in [0.4, 0.5) is 0 Å². The number of rotatable bonds is 0. The predicted molar refractivity (Wildman–Crippen MR) is 69.6 cm³/mol. The number of hydrogen-bond acceptors (Lipinski definition) is 1. The van der Waals surface area contributed by atoms with E-state index in [1.807, 2.05) is 36.4 Å². The average Bonchev–Trinajstić information content (AvgIpc) is 2.26. The topological polar surface area (TPSA) is 12.9 Å². The Kier molecular flexibility index (Phi) is 2.69. The molecule has 0 saturated carbocycles. The Hall–Kier alpha value is -1.41. The summed E-state index contributed by atoms with van der Waals surface area (Å²) in [5.41, 5.74) is 2.12. The number of aromatic nitrogens is 1. The summed E-state index contributed by atoms with van der Waals surface area (Å²) in [4.78, 5) is 4.58. The molecule has 1 heterocycles. The maximum absolute atomic E-state index is 4.58. The largest absolute Gasteiger partial charge is 0.248 e. The highest BCUT2D eigenvalue weighted by atomic mass is 79.9. The van der Waals surface area contributed by atoms with Crippen LogP contribution in [0, 0.1) is 0 Å². The smallest absolute Gasteiger partial charge is 0.0709 e. The summed E-state index contributed by atoms with van der Waals surface area (Å²) in [6.07, 6.45) is 0. The molecule has 0 bridgehead atoms. The molecule has 3 aromatic rings. The summed E-state index contributed by atoms with van der Waals surface area (Å²) < 4.78 is 0. The Bertz CT molecular complexity index is 499. The molecule has 0 radical (unpaired) electrons. The van der Waals surface area contributed by atoms with E-state index in [4.69, 9.17) is 0 Å². The first-order valence-electron chi connectivity index (χ1n) is 4.68. The van der Waals surface area contributed by atoms with Gasteiger partial charge in [0, 0.05) is 10.8 Å². The fraction of sp³-hybridized carbons (Fsp3) is 0. The lowest BCUT2D eigenvalue weighted by Gasteiger charge is -1.99. The molecule has 0 fully saturated rings. The molecule has 0 amide bonds. The molecule has 15 heavy (non-hydrogen) atoms. The second-order valence-electron chi connectivity index (χ2n) is 3.37. The van der Waals surface area contributed by atoms with Gasteiger partial charge < -0.3 is 0 Å². The number of benzene rings is 2. The normalized spacial score (nSPS) is 10.1. The van der Waals surface area contributed by atoms with E-state index in [1.165, 1.54) is 10.8 Å². The first-order chi connectivity index (χ1) is 6.93. The molecule has 0 aliphatic rings. The highest BCUT2D eigenvalue weighted by Crippen LogP contribution is 2.18. The van der Waals surface area contributed by atoms with Crippen molar-refractivity contribution >= 4 is 38.8 Å². The van der Waals surface area contributed by atoms with E-state index in [2.05, 4.69) is 23.2 Å². The maximum Gasteiger partial charge on any atom is 0.0709 e. The Morgan fingerprint density at radius 3 is 1.67 bits per heavy atom. The Balaban J connectivity index is 0.000000853. The first kappa shape index (κ1) is 10.1. The van der Waals surface area contributed by atoms with Crippen molar-refractivity contribution in [3.05, 3.63) is 54.6 Å². The van der Waals surface area contributed by atoms with Crippen molar-refractivity contribution in [1.82, 2.24) is 4.98 Å². The maximum atomic E-state index is 4.58. The van der Waals surface area contributed by atoms with Crippen molar-refractivity contribution < 1.29 is 0 Å². The molecule has 0 aliphatic heterocycles. The molecule has 2 aromatic carbocycles. The highest BCUT2D eigenvalue weighted by Gasteiger charge is 1.96. The SMILES string of the molecule is Br.c1ccc2nc3ccccc3cc2c1. The molecule has 2 heteroatoms. The van der Waals surface area contributed by atoms with Crippen molar-refractivity contribution in [2.24, 2.45) is 0 Å². The van der Waals surface area contributed by atoms with Crippen LogP contribution in [0.15, 0.2) is 54.6 Å². The van der Waals surface area contributed by atoms with Gasteiger partial charge in [-0.15, -0.1) is 17.0 Å². The Labute approximate surface area is 98.5 Å². The van der Waals surface area contributed by atoms with Gasteiger partial charge in [-0.3, -0.25) is 0 Å². The summed E-state index contributed by atoms with van der Waals surface area (Å²) >= 11 is 0. The highest BCUT2D eigenvalue weighted by molar-refractivity contribution is 8.93. The zero-order valence-electron chi connectivity index (χ0n) is 8.05. The molecule has 0 atom stereocenters. The number of pyridine rings is 1. The van der Waals surface area contributed by atoms with Crippen LogP contribution in [0.5, 0.6) is 0 Å². The second-order valence-corrected chi connectivity index (χ2v) is 3.37. The first-order valence-corrected chi connectivity index (χ1v) is 4.68. The third-order valence-electron chi connectivity index (χ3n) is 2.43. The van der Waals surface area contributed by atoms with Gasteiger partial charge in [0.2, 0.25) is 0 Å². The van der Waals surface area contributed by atoms with Crippen LogP contribution in [-0.2, 0) is 0 Å². The van der Waals surface area contributed by atoms with E-state index in [1.54, 1.807) is 0 Å². The van der Waals surface area contributed by atoms with Crippen LogP contribution in [-0.4, -0.2) is 4.98 Å². The molecular formula is C13H10BrN. The van der Waals surface area contributed by atoms with E-state index in [0.29, 0.717) is 0 Å². The lowest BCUT2D eigenvalue weighted by molar-refractivity contribution is 1.50. The van der Waals surface area contributed by atoms with Crippen molar-refractivity contribution in [3.63, 3.8) is 0 Å². The Morgan fingerprint density at radius 1 is 0.667 bits per heavy atom. The average molecular weight is 260 g/mol. The van der Waals surface area contributed by atoms with E-state index in [-0.39, 0.29) is 17.0 Å². The molecule has 1 nitrogen and oxygen atoms in total. The second kappa shape index (κ2) is 3.99. The quantitative estimate of drug-likeness (QED) is 0.557. The van der Waals surface area contributed by atoms with Crippen LogP contribution < -0.4 is 0 Å². The molecule has 74 valence electrons.